The summed E-state index contributed by atoms with van der Waals surface area (Å²) in [6.07, 6.45) is 0. The Morgan fingerprint density at radius 3 is 2.70 bits per heavy atom. The summed E-state index contributed by atoms with van der Waals surface area (Å²) in [5.74, 6) is 5.73. The highest BCUT2D eigenvalue weighted by Gasteiger charge is 2.05. The summed E-state index contributed by atoms with van der Waals surface area (Å²) in [7, 11) is 0. The molecule has 1 aromatic carbocycles. The predicted octanol–water partition coefficient (Wildman–Crippen LogP) is 2.30. The van der Waals surface area contributed by atoms with Gasteiger partial charge in [-0.1, -0.05) is 29.5 Å². The highest BCUT2D eigenvalue weighted by Crippen LogP contribution is 2.15. The van der Waals surface area contributed by atoms with E-state index < -0.39 is 0 Å². The molecule has 0 saturated heterocycles. The minimum Gasteiger partial charge on any atom is -0.347 e. The Bertz CT molecular complexity index is 647. The van der Waals surface area contributed by atoms with Crippen LogP contribution in [0.2, 0.25) is 0 Å². The maximum atomic E-state index is 12.0. The fraction of sp³-hybridized carbons (Fsp3) is 0.188. The van der Waals surface area contributed by atoms with Gasteiger partial charge in [0.15, 0.2) is 0 Å². The molecule has 3 nitrogen and oxygen atoms in total. The standard InChI is InChI=1S/C16H16N2OS/c1-12-4-6-13(7-5-12)16(19)18-11-15-9-8-14(20-15)3-2-10-17/h4-9H,10-11,17H2,1H3,(H,18,19). The Morgan fingerprint density at radius 2 is 2.00 bits per heavy atom. The van der Waals surface area contributed by atoms with E-state index in [2.05, 4.69) is 17.2 Å². The van der Waals surface area contributed by atoms with Crippen molar-refractivity contribution in [2.45, 2.75) is 13.5 Å². The fourth-order valence-electron chi connectivity index (χ4n) is 1.65. The number of amides is 1. The fourth-order valence-corrected chi connectivity index (χ4v) is 2.47. The van der Waals surface area contributed by atoms with Crippen molar-refractivity contribution in [1.82, 2.24) is 5.32 Å². The lowest BCUT2D eigenvalue weighted by Crippen LogP contribution is -2.22. The normalized spacial score (nSPS) is 9.70. The molecule has 1 aromatic heterocycles. The molecule has 0 unspecified atom stereocenters. The Labute approximate surface area is 122 Å². The Morgan fingerprint density at radius 1 is 1.25 bits per heavy atom. The summed E-state index contributed by atoms with van der Waals surface area (Å²) in [6, 6.07) is 11.4. The number of nitrogens with two attached hydrogens (primary N) is 1. The van der Waals surface area contributed by atoms with Crippen molar-refractivity contribution in [3.8, 4) is 11.8 Å². The number of aryl methyl sites for hydroxylation is 1. The molecule has 2 aromatic rings. The van der Waals surface area contributed by atoms with Gasteiger partial charge in [0, 0.05) is 10.4 Å². The van der Waals surface area contributed by atoms with E-state index >= 15 is 0 Å². The molecule has 0 saturated carbocycles. The number of hydrogen-bond donors (Lipinski definition) is 2. The zero-order chi connectivity index (χ0) is 14.4. The van der Waals surface area contributed by atoms with E-state index in [0.717, 1.165) is 15.3 Å². The molecule has 20 heavy (non-hydrogen) atoms. The predicted molar refractivity (Wildman–Crippen MR) is 82.6 cm³/mol. The Balaban J connectivity index is 1.93. The van der Waals surface area contributed by atoms with Crippen LogP contribution in [0.5, 0.6) is 0 Å². The van der Waals surface area contributed by atoms with Crippen LogP contribution in [0.3, 0.4) is 0 Å². The van der Waals surface area contributed by atoms with Gasteiger partial charge >= 0.3 is 0 Å². The summed E-state index contributed by atoms with van der Waals surface area (Å²) in [5, 5.41) is 2.90. The summed E-state index contributed by atoms with van der Waals surface area (Å²) in [4.78, 5) is 14.0. The van der Waals surface area contributed by atoms with Crippen molar-refractivity contribution in [2.75, 3.05) is 6.54 Å². The Hall–Kier alpha value is -2.09. The number of benzene rings is 1. The summed E-state index contributed by atoms with van der Waals surface area (Å²) < 4.78 is 0. The lowest BCUT2D eigenvalue weighted by atomic mass is 10.1. The highest BCUT2D eigenvalue weighted by atomic mass is 32.1. The third kappa shape index (κ3) is 3.95. The third-order valence-electron chi connectivity index (χ3n) is 2.71. The van der Waals surface area contributed by atoms with Crippen molar-refractivity contribution in [2.24, 2.45) is 5.73 Å². The monoisotopic (exact) mass is 284 g/mol. The van der Waals surface area contributed by atoms with Gasteiger partial charge < -0.3 is 11.1 Å². The first-order chi connectivity index (χ1) is 9.69. The number of carbonyl (C=O) groups is 1. The molecule has 3 N–H and O–H groups in total. The van der Waals surface area contributed by atoms with Gasteiger partial charge in [-0.05, 0) is 31.2 Å². The number of hydrogen-bond acceptors (Lipinski definition) is 3. The molecule has 0 aliphatic heterocycles. The largest absolute Gasteiger partial charge is 0.347 e. The molecular formula is C16H16N2OS. The second kappa shape index (κ2) is 6.90. The van der Waals surface area contributed by atoms with Crippen LogP contribution in [-0.2, 0) is 6.54 Å². The maximum Gasteiger partial charge on any atom is 0.251 e. The molecular weight excluding hydrogens is 268 g/mol. The molecule has 0 aliphatic carbocycles. The van der Waals surface area contributed by atoms with Crippen molar-refractivity contribution in [3.05, 3.63) is 57.3 Å². The van der Waals surface area contributed by atoms with Crippen molar-refractivity contribution in [3.63, 3.8) is 0 Å². The van der Waals surface area contributed by atoms with Crippen LogP contribution in [-0.4, -0.2) is 12.5 Å². The van der Waals surface area contributed by atoms with Crippen LogP contribution >= 0.6 is 11.3 Å². The zero-order valence-corrected chi connectivity index (χ0v) is 12.1. The molecule has 2 rings (SSSR count). The van der Waals surface area contributed by atoms with Crippen molar-refractivity contribution < 1.29 is 4.79 Å². The lowest BCUT2D eigenvalue weighted by Gasteiger charge is -2.03. The van der Waals surface area contributed by atoms with Gasteiger partial charge in [-0.25, -0.2) is 0 Å². The van der Waals surface area contributed by atoms with Gasteiger partial charge in [0.2, 0.25) is 0 Å². The summed E-state index contributed by atoms with van der Waals surface area (Å²) in [6.45, 7) is 2.87. The van der Waals surface area contributed by atoms with E-state index in [9.17, 15) is 4.79 Å². The molecule has 102 valence electrons. The maximum absolute atomic E-state index is 12.0. The first kappa shape index (κ1) is 14.3. The molecule has 0 radical (unpaired) electrons. The third-order valence-corrected chi connectivity index (χ3v) is 3.71. The highest BCUT2D eigenvalue weighted by molar-refractivity contribution is 7.12. The molecule has 0 spiro atoms. The molecule has 0 aliphatic rings. The minimum absolute atomic E-state index is 0.0620. The summed E-state index contributed by atoms with van der Waals surface area (Å²) in [5.41, 5.74) is 7.15. The first-order valence-corrected chi connectivity index (χ1v) is 7.13. The van der Waals surface area contributed by atoms with E-state index in [0.29, 0.717) is 18.7 Å². The number of thiophene rings is 1. The molecule has 0 fully saturated rings. The van der Waals surface area contributed by atoms with E-state index in [1.807, 2.05) is 43.3 Å². The van der Waals surface area contributed by atoms with E-state index in [1.165, 1.54) is 0 Å². The van der Waals surface area contributed by atoms with Crippen LogP contribution in [0.25, 0.3) is 0 Å². The van der Waals surface area contributed by atoms with E-state index in [1.54, 1.807) is 11.3 Å². The van der Waals surface area contributed by atoms with Crippen LogP contribution in [0.15, 0.2) is 36.4 Å². The van der Waals surface area contributed by atoms with E-state index in [4.69, 9.17) is 5.73 Å². The van der Waals surface area contributed by atoms with Gasteiger partial charge in [0.1, 0.15) is 0 Å². The van der Waals surface area contributed by atoms with Crippen LogP contribution in [0, 0.1) is 18.8 Å². The van der Waals surface area contributed by atoms with Crippen molar-refractivity contribution in [1.29, 1.82) is 0 Å². The average Bonchev–Trinajstić information content (AvgIpc) is 2.91. The van der Waals surface area contributed by atoms with Crippen LogP contribution < -0.4 is 11.1 Å². The van der Waals surface area contributed by atoms with Crippen LogP contribution in [0.4, 0.5) is 0 Å². The van der Waals surface area contributed by atoms with Gasteiger partial charge in [-0.2, -0.15) is 0 Å². The average molecular weight is 284 g/mol. The molecule has 0 atom stereocenters. The topological polar surface area (TPSA) is 55.1 Å². The number of carbonyl (C=O) groups excluding carboxylic acids is 1. The smallest absolute Gasteiger partial charge is 0.251 e. The quantitative estimate of drug-likeness (QED) is 0.850. The Kier molecular flexibility index (Phi) is 4.94. The van der Waals surface area contributed by atoms with Gasteiger partial charge in [-0.15, -0.1) is 11.3 Å². The number of nitrogens with one attached hydrogen (secondary N) is 1. The second-order valence-electron chi connectivity index (χ2n) is 4.32. The van der Waals surface area contributed by atoms with Gasteiger partial charge in [0.05, 0.1) is 18.0 Å². The lowest BCUT2D eigenvalue weighted by molar-refractivity contribution is 0.0951. The number of rotatable bonds is 3. The second-order valence-corrected chi connectivity index (χ2v) is 5.49. The molecule has 1 heterocycles. The van der Waals surface area contributed by atoms with E-state index in [-0.39, 0.29) is 5.91 Å². The zero-order valence-electron chi connectivity index (χ0n) is 11.3. The van der Waals surface area contributed by atoms with Crippen LogP contribution in [0.1, 0.15) is 25.7 Å². The molecule has 0 bridgehead atoms. The SMILES string of the molecule is Cc1ccc(C(=O)NCc2ccc(C#CCN)s2)cc1. The van der Waals surface area contributed by atoms with Crippen molar-refractivity contribution >= 4 is 17.2 Å². The molecule has 4 heteroatoms. The minimum atomic E-state index is -0.0620. The first-order valence-electron chi connectivity index (χ1n) is 6.31. The molecule has 1 amide bonds. The van der Waals surface area contributed by atoms with Gasteiger partial charge in [0.25, 0.3) is 5.91 Å². The summed E-state index contributed by atoms with van der Waals surface area (Å²) >= 11 is 1.57. The van der Waals surface area contributed by atoms with Gasteiger partial charge in [-0.3, -0.25) is 4.79 Å².